The van der Waals surface area contributed by atoms with E-state index in [0.29, 0.717) is 6.54 Å². The molecule has 0 unspecified atom stereocenters. The summed E-state index contributed by atoms with van der Waals surface area (Å²) in [6.45, 7) is 5.39. The van der Waals surface area contributed by atoms with E-state index in [1.165, 1.54) is 19.1 Å². The van der Waals surface area contributed by atoms with Crippen LogP contribution in [0.15, 0.2) is 24.3 Å². The van der Waals surface area contributed by atoms with E-state index in [0.717, 1.165) is 5.56 Å². The maximum absolute atomic E-state index is 12.8. The third-order valence-corrected chi connectivity index (χ3v) is 2.64. The van der Waals surface area contributed by atoms with Gasteiger partial charge in [-0.05, 0) is 17.7 Å². The smallest absolute Gasteiger partial charge is 0.287 e. The number of amides is 1. The third kappa shape index (κ3) is 3.66. The Kier molecular flexibility index (Phi) is 3.99. The molecule has 0 aromatic heterocycles. The molecule has 0 saturated carbocycles. The Morgan fingerprint density at radius 2 is 1.76 bits per heavy atom. The second-order valence-corrected chi connectivity index (χ2v) is 4.63. The van der Waals surface area contributed by atoms with Gasteiger partial charge in [0.2, 0.25) is 5.78 Å². The van der Waals surface area contributed by atoms with Crippen LogP contribution in [0.1, 0.15) is 26.3 Å². The number of carbonyl (C=O) groups excluding carboxylic acids is 2. The van der Waals surface area contributed by atoms with Gasteiger partial charge in [-0.1, -0.05) is 26.0 Å². The molecule has 17 heavy (non-hydrogen) atoms. The number of nitrogens with one attached hydrogen (secondary N) is 1. The van der Waals surface area contributed by atoms with E-state index in [-0.39, 0.29) is 11.2 Å². The summed E-state index contributed by atoms with van der Waals surface area (Å²) in [6, 6.07) is 6.11. The zero-order valence-corrected chi connectivity index (χ0v) is 10.2. The fourth-order valence-electron chi connectivity index (χ4n) is 1.43. The Labute approximate surface area is 100 Å². The molecule has 0 aliphatic heterocycles. The molecule has 0 spiro atoms. The Bertz CT molecular complexity index is 424. The number of hydrogen-bond donors (Lipinski definition) is 1. The minimum absolute atomic E-state index is 0.294. The molecule has 92 valence electrons. The second kappa shape index (κ2) is 5.08. The van der Waals surface area contributed by atoms with Crippen molar-refractivity contribution in [1.82, 2.24) is 5.32 Å². The van der Waals surface area contributed by atoms with Crippen LogP contribution in [-0.2, 0) is 15.0 Å². The largest absolute Gasteiger partial charge is 0.349 e. The molecule has 1 N–H and O–H groups in total. The van der Waals surface area contributed by atoms with Crippen LogP contribution in [0.5, 0.6) is 0 Å². The summed E-state index contributed by atoms with van der Waals surface area (Å²) < 4.78 is 12.8. The highest BCUT2D eigenvalue weighted by atomic mass is 19.1. The average Bonchev–Trinajstić information content (AvgIpc) is 2.26. The van der Waals surface area contributed by atoms with Gasteiger partial charge < -0.3 is 5.32 Å². The fourth-order valence-corrected chi connectivity index (χ4v) is 1.43. The third-order valence-electron chi connectivity index (χ3n) is 2.64. The first-order valence-electron chi connectivity index (χ1n) is 5.38. The van der Waals surface area contributed by atoms with Crippen molar-refractivity contribution in [1.29, 1.82) is 0 Å². The first-order valence-corrected chi connectivity index (χ1v) is 5.38. The SMILES string of the molecule is CC(=O)C(=O)NCC(C)(C)c1ccc(F)cc1. The zero-order valence-electron chi connectivity index (χ0n) is 10.2. The highest BCUT2D eigenvalue weighted by Gasteiger charge is 2.22. The summed E-state index contributed by atoms with van der Waals surface area (Å²) in [5.74, 6) is -1.41. The van der Waals surface area contributed by atoms with Crippen LogP contribution in [0.25, 0.3) is 0 Å². The van der Waals surface area contributed by atoms with Crippen molar-refractivity contribution < 1.29 is 14.0 Å². The van der Waals surface area contributed by atoms with E-state index in [4.69, 9.17) is 0 Å². The molecular weight excluding hydrogens is 221 g/mol. The average molecular weight is 237 g/mol. The highest BCUT2D eigenvalue weighted by molar-refractivity contribution is 6.35. The molecule has 0 fully saturated rings. The molecule has 0 radical (unpaired) electrons. The van der Waals surface area contributed by atoms with Crippen molar-refractivity contribution >= 4 is 11.7 Å². The van der Waals surface area contributed by atoms with Gasteiger partial charge in [-0.2, -0.15) is 0 Å². The molecular formula is C13H16FNO2. The van der Waals surface area contributed by atoms with Crippen LogP contribution in [0.2, 0.25) is 0 Å². The Balaban J connectivity index is 2.71. The number of ketones is 1. The topological polar surface area (TPSA) is 46.2 Å². The van der Waals surface area contributed by atoms with E-state index in [2.05, 4.69) is 5.32 Å². The van der Waals surface area contributed by atoms with Crippen LogP contribution in [0.4, 0.5) is 4.39 Å². The van der Waals surface area contributed by atoms with Gasteiger partial charge in [0, 0.05) is 18.9 Å². The molecule has 1 amide bonds. The zero-order chi connectivity index (χ0) is 13.1. The predicted octanol–water partition coefficient (Wildman–Crippen LogP) is 1.81. The Morgan fingerprint density at radius 1 is 1.24 bits per heavy atom. The molecule has 0 saturated heterocycles. The fraction of sp³-hybridized carbons (Fsp3) is 0.385. The van der Waals surface area contributed by atoms with Crippen LogP contribution < -0.4 is 5.32 Å². The summed E-state index contributed by atoms with van der Waals surface area (Å²) in [6.07, 6.45) is 0. The Hall–Kier alpha value is -1.71. The summed E-state index contributed by atoms with van der Waals surface area (Å²) in [5, 5.41) is 2.55. The number of hydrogen-bond acceptors (Lipinski definition) is 2. The van der Waals surface area contributed by atoms with Gasteiger partial charge in [0.25, 0.3) is 5.91 Å². The number of benzene rings is 1. The molecule has 0 atom stereocenters. The van der Waals surface area contributed by atoms with Crippen molar-refractivity contribution in [3.8, 4) is 0 Å². The lowest BCUT2D eigenvalue weighted by Gasteiger charge is -2.25. The van der Waals surface area contributed by atoms with Crippen LogP contribution >= 0.6 is 0 Å². The predicted molar refractivity (Wildman–Crippen MR) is 63.1 cm³/mol. The minimum Gasteiger partial charge on any atom is -0.349 e. The van der Waals surface area contributed by atoms with Crippen LogP contribution in [0, 0.1) is 5.82 Å². The van der Waals surface area contributed by atoms with Gasteiger partial charge in [-0.15, -0.1) is 0 Å². The lowest BCUT2D eigenvalue weighted by atomic mass is 9.84. The molecule has 3 nitrogen and oxygen atoms in total. The standard InChI is InChI=1S/C13H16FNO2/c1-9(16)12(17)15-8-13(2,3)10-4-6-11(14)7-5-10/h4-7H,8H2,1-3H3,(H,15,17). The van der Waals surface area contributed by atoms with E-state index >= 15 is 0 Å². The molecule has 1 aromatic rings. The molecule has 0 heterocycles. The maximum atomic E-state index is 12.8. The molecule has 1 aromatic carbocycles. The van der Waals surface area contributed by atoms with Gasteiger partial charge in [-0.25, -0.2) is 4.39 Å². The maximum Gasteiger partial charge on any atom is 0.287 e. The summed E-state index contributed by atoms with van der Waals surface area (Å²) in [5.41, 5.74) is 0.557. The van der Waals surface area contributed by atoms with Crippen molar-refractivity contribution in [2.75, 3.05) is 6.54 Å². The van der Waals surface area contributed by atoms with Gasteiger partial charge in [0.15, 0.2) is 0 Å². The first kappa shape index (κ1) is 13.4. The second-order valence-electron chi connectivity index (χ2n) is 4.63. The van der Waals surface area contributed by atoms with Crippen LogP contribution in [-0.4, -0.2) is 18.2 Å². The monoisotopic (exact) mass is 237 g/mol. The molecule has 0 aliphatic carbocycles. The number of rotatable bonds is 4. The summed E-state index contributed by atoms with van der Waals surface area (Å²) >= 11 is 0. The van der Waals surface area contributed by atoms with Crippen molar-refractivity contribution in [3.63, 3.8) is 0 Å². The normalized spacial score (nSPS) is 11.1. The van der Waals surface area contributed by atoms with Gasteiger partial charge >= 0.3 is 0 Å². The highest BCUT2D eigenvalue weighted by Crippen LogP contribution is 2.22. The van der Waals surface area contributed by atoms with E-state index in [9.17, 15) is 14.0 Å². The quantitative estimate of drug-likeness (QED) is 0.812. The van der Waals surface area contributed by atoms with E-state index in [1.54, 1.807) is 12.1 Å². The van der Waals surface area contributed by atoms with Gasteiger partial charge in [0.1, 0.15) is 5.82 Å². The Morgan fingerprint density at radius 3 is 2.24 bits per heavy atom. The van der Waals surface area contributed by atoms with Gasteiger partial charge in [-0.3, -0.25) is 9.59 Å². The number of Topliss-reactive ketones (excluding diaryl/α,β-unsaturated/α-hetero) is 1. The number of halogens is 1. The summed E-state index contributed by atoms with van der Waals surface area (Å²) in [4.78, 5) is 21.9. The first-order chi connectivity index (χ1) is 7.83. The minimum atomic E-state index is -0.597. The molecule has 4 heteroatoms. The lowest BCUT2D eigenvalue weighted by molar-refractivity contribution is -0.136. The van der Waals surface area contributed by atoms with E-state index in [1.807, 2.05) is 13.8 Å². The van der Waals surface area contributed by atoms with Crippen molar-refractivity contribution in [2.45, 2.75) is 26.2 Å². The van der Waals surface area contributed by atoms with Crippen molar-refractivity contribution in [2.24, 2.45) is 0 Å². The molecule has 0 aliphatic rings. The number of carbonyl (C=O) groups is 2. The summed E-state index contributed by atoms with van der Waals surface area (Å²) in [7, 11) is 0. The van der Waals surface area contributed by atoms with Crippen LogP contribution in [0.3, 0.4) is 0 Å². The van der Waals surface area contributed by atoms with Crippen molar-refractivity contribution in [3.05, 3.63) is 35.6 Å². The van der Waals surface area contributed by atoms with Gasteiger partial charge in [0.05, 0.1) is 0 Å². The molecule has 1 rings (SSSR count). The molecule has 0 bridgehead atoms. The van der Waals surface area contributed by atoms with E-state index < -0.39 is 11.7 Å². The lowest BCUT2D eigenvalue weighted by Crippen LogP contribution is -2.39.